The molecule has 3 rings (SSSR count). The van der Waals surface area contributed by atoms with Gasteiger partial charge in [0.15, 0.2) is 0 Å². The van der Waals surface area contributed by atoms with Gasteiger partial charge in [0, 0.05) is 25.2 Å². The highest BCUT2D eigenvalue weighted by atomic mass is 16.5. The lowest BCUT2D eigenvalue weighted by Gasteiger charge is -2.33. The van der Waals surface area contributed by atoms with Crippen molar-refractivity contribution in [1.29, 1.82) is 0 Å². The summed E-state index contributed by atoms with van der Waals surface area (Å²) < 4.78 is 5.92. The van der Waals surface area contributed by atoms with Crippen LogP contribution in [0, 0.1) is 0 Å². The van der Waals surface area contributed by atoms with Crippen molar-refractivity contribution in [2.75, 3.05) is 32.8 Å². The van der Waals surface area contributed by atoms with Crippen molar-refractivity contribution in [3.05, 3.63) is 71.3 Å². The first-order chi connectivity index (χ1) is 13.3. The number of nitrogens with one attached hydrogen (secondary N) is 1. The van der Waals surface area contributed by atoms with Gasteiger partial charge >= 0.3 is 0 Å². The summed E-state index contributed by atoms with van der Waals surface area (Å²) in [7, 11) is 0. The Labute approximate surface area is 162 Å². The molecule has 0 bridgehead atoms. The summed E-state index contributed by atoms with van der Waals surface area (Å²) in [6.45, 7) is 6.60. The summed E-state index contributed by atoms with van der Waals surface area (Å²) in [5.41, 5.74) is 3.25. The molecule has 1 unspecified atom stereocenters. The number of amides is 1. The van der Waals surface area contributed by atoms with Gasteiger partial charge in [-0.15, -0.1) is 0 Å². The molecule has 27 heavy (non-hydrogen) atoms. The topological polar surface area (TPSA) is 41.6 Å². The van der Waals surface area contributed by atoms with Crippen molar-refractivity contribution in [2.24, 2.45) is 0 Å². The highest BCUT2D eigenvalue weighted by molar-refractivity contribution is 5.94. The van der Waals surface area contributed by atoms with Gasteiger partial charge in [0.05, 0.1) is 12.7 Å². The molecule has 4 nitrogen and oxygen atoms in total. The molecule has 1 fully saturated rings. The van der Waals surface area contributed by atoms with Crippen molar-refractivity contribution in [3.8, 4) is 0 Å². The van der Waals surface area contributed by atoms with E-state index in [4.69, 9.17) is 4.74 Å². The number of unbranched alkanes of at least 4 members (excludes halogenated alkanes) is 1. The average molecular weight is 367 g/mol. The number of benzene rings is 2. The largest absolute Gasteiger partial charge is 0.371 e. The number of hydrogen-bond donors (Lipinski definition) is 1. The first-order valence-corrected chi connectivity index (χ1v) is 10.0. The summed E-state index contributed by atoms with van der Waals surface area (Å²) >= 11 is 0. The molecule has 1 saturated heterocycles. The van der Waals surface area contributed by atoms with Gasteiger partial charge in [-0.2, -0.15) is 0 Å². The molecule has 2 aromatic carbocycles. The van der Waals surface area contributed by atoms with E-state index in [1.54, 1.807) is 0 Å². The third-order valence-electron chi connectivity index (χ3n) is 5.13. The van der Waals surface area contributed by atoms with E-state index in [-0.39, 0.29) is 12.0 Å². The van der Waals surface area contributed by atoms with Crippen molar-refractivity contribution in [3.63, 3.8) is 0 Å². The van der Waals surface area contributed by atoms with Crippen LogP contribution in [0.15, 0.2) is 54.6 Å². The van der Waals surface area contributed by atoms with Gasteiger partial charge in [-0.3, -0.25) is 9.69 Å². The molecule has 1 N–H and O–H groups in total. The van der Waals surface area contributed by atoms with E-state index >= 15 is 0 Å². The molecular formula is C23H30N2O2. The molecule has 0 aromatic heterocycles. The van der Waals surface area contributed by atoms with Crippen LogP contribution in [0.1, 0.15) is 47.4 Å². The van der Waals surface area contributed by atoms with Crippen LogP contribution in [0.2, 0.25) is 0 Å². The maximum atomic E-state index is 12.2. The number of hydrogen-bond acceptors (Lipinski definition) is 3. The summed E-state index contributed by atoms with van der Waals surface area (Å²) in [5, 5.41) is 3.03. The van der Waals surface area contributed by atoms with Gasteiger partial charge < -0.3 is 10.1 Å². The number of rotatable bonds is 8. The number of morpholine rings is 1. The van der Waals surface area contributed by atoms with Crippen LogP contribution in [-0.2, 0) is 11.2 Å². The Morgan fingerprint density at radius 1 is 1.11 bits per heavy atom. The van der Waals surface area contributed by atoms with E-state index in [1.807, 2.05) is 30.3 Å². The number of carbonyl (C=O) groups excluding carboxylic acids is 1. The summed E-state index contributed by atoms with van der Waals surface area (Å²) in [5.74, 6) is 0.0215. The van der Waals surface area contributed by atoms with Crippen molar-refractivity contribution >= 4 is 5.91 Å². The number of nitrogens with zero attached hydrogens (tertiary/aromatic N) is 1. The Balaban J connectivity index is 1.34. The molecule has 1 aliphatic rings. The maximum Gasteiger partial charge on any atom is 0.251 e. The minimum absolute atomic E-state index is 0.0215. The second-order valence-corrected chi connectivity index (χ2v) is 7.08. The predicted molar refractivity (Wildman–Crippen MR) is 109 cm³/mol. The highest BCUT2D eigenvalue weighted by Gasteiger charge is 2.21. The standard InChI is InChI=1S/C23H30N2O2/c1-2-19-10-12-21(13-11-19)23(26)24-14-6-7-15-25-16-17-27-22(18-25)20-8-4-3-5-9-20/h3-5,8-13,22H,2,6-7,14-18H2,1H3,(H,24,26). The van der Waals surface area contributed by atoms with Crippen LogP contribution < -0.4 is 5.32 Å². The summed E-state index contributed by atoms with van der Waals surface area (Å²) in [6, 6.07) is 18.3. The number of ether oxygens (including phenoxy) is 1. The van der Waals surface area contributed by atoms with Crippen LogP contribution in [0.3, 0.4) is 0 Å². The van der Waals surface area contributed by atoms with Crippen LogP contribution >= 0.6 is 0 Å². The molecule has 144 valence electrons. The normalized spacial score (nSPS) is 17.6. The van der Waals surface area contributed by atoms with Crippen molar-refractivity contribution in [2.45, 2.75) is 32.3 Å². The van der Waals surface area contributed by atoms with Gasteiger partial charge in [-0.1, -0.05) is 49.4 Å². The second kappa shape index (κ2) is 10.2. The molecule has 0 radical (unpaired) electrons. The highest BCUT2D eigenvalue weighted by Crippen LogP contribution is 2.21. The molecular weight excluding hydrogens is 336 g/mol. The Kier molecular flexibility index (Phi) is 7.43. The monoisotopic (exact) mass is 366 g/mol. The third kappa shape index (κ3) is 5.91. The predicted octanol–water partition coefficient (Wildman–Crippen LogP) is 3.83. The van der Waals surface area contributed by atoms with E-state index in [1.165, 1.54) is 11.1 Å². The summed E-state index contributed by atoms with van der Waals surface area (Å²) in [6.07, 6.45) is 3.24. The van der Waals surface area contributed by atoms with Gasteiger partial charge in [0.1, 0.15) is 0 Å². The fraction of sp³-hybridized carbons (Fsp3) is 0.435. The third-order valence-corrected chi connectivity index (χ3v) is 5.13. The lowest BCUT2D eigenvalue weighted by molar-refractivity contribution is -0.0303. The van der Waals surface area contributed by atoms with Crippen LogP contribution in [0.25, 0.3) is 0 Å². The van der Waals surface area contributed by atoms with E-state index in [2.05, 4.69) is 41.4 Å². The zero-order valence-corrected chi connectivity index (χ0v) is 16.2. The van der Waals surface area contributed by atoms with Gasteiger partial charge in [0.25, 0.3) is 5.91 Å². The zero-order chi connectivity index (χ0) is 18.9. The lowest BCUT2D eigenvalue weighted by atomic mass is 10.1. The van der Waals surface area contributed by atoms with E-state index in [0.29, 0.717) is 0 Å². The first-order valence-electron chi connectivity index (χ1n) is 10.0. The fourth-order valence-electron chi connectivity index (χ4n) is 3.43. The average Bonchev–Trinajstić information content (AvgIpc) is 2.74. The Morgan fingerprint density at radius 2 is 1.89 bits per heavy atom. The van der Waals surface area contributed by atoms with E-state index < -0.39 is 0 Å². The zero-order valence-electron chi connectivity index (χ0n) is 16.2. The Bertz CT molecular complexity index is 700. The van der Waals surface area contributed by atoms with E-state index in [9.17, 15) is 4.79 Å². The molecule has 1 aliphatic heterocycles. The molecule has 0 saturated carbocycles. The van der Waals surface area contributed by atoms with Crippen LogP contribution in [-0.4, -0.2) is 43.6 Å². The van der Waals surface area contributed by atoms with Crippen molar-refractivity contribution < 1.29 is 9.53 Å². The number of carbonyl (C=O) groups is 1. The van der Waals surface area contributed by atoms with Crippen LogP contribution in [0.5, 0.6) is 0 Å². The quantitative estimate of drug-likeness (QED) is 0.722. The van der Waals surface area contributed by atoms with Gasteiger partial charge in [-0.25, -0.2) is 0 Å². The SMILES string of the molecule is CCc1ccc(C(=O)NCCCCN2CCOC(c3ccccc3)C2)cc1. The fourth-order valence-corrected chi connectivity index (χ4v) is 3.43. The minimum atomic E-state index is 0.0215. The van der Waals surface area contributed by atoms with E-state index in [0.717, 1.165) is 57.6 Å². The Hall–Kier alpha value is -2.17. The first kappa shape index (κ1) is 19.6. The molecule has 1 heterocycles. The molecule has 2 aromatic rings. The smallest absolute Gasteiger partial charge is 0.251 e. The second-order valence-electron chi connectivity index (χ2n) is 7.08. The van der Waals surface area contributed by atoms with Crippen LogP contribution in [0.4, 0.5) is 0 Å². The minimum Gasteiger partial charge on any atom is -0.371 e. The van der Waals surface area contributed by atoms with Gasteiger partial charge in [-0.05, 0) is 49.1 Å². The molecule has 1 amide bonds. The molecule has 4 heteroatoms. The summed E-state index contributed by atoms with van der Waals surface area (Å²) in [4.78, 5) is 14.6. The molecule has 1 atom stereocenters. The maximum absolute atomic E-state index is 12.2. The lowest BCUT2D eigenvalue weighted by Crippen LogP contribution is -2.39. The van der Waals surface area contributed by atoms with Gasteiger partial charge in [0.2, 0.25) is 0 Å². The van der Waals surface area contributed by atoms with Crippen molar-refractivity contribution in [1.82, 2.24) is 10.2 Å². The molecule has 0 spiro atoms. The molecule has 0 aliphatic carbocycles. The Morgan fingerprint density at radius 3 is 2.63 bits per heavy atom. The number of aryl methyl sites for hydroxylation is 1.